The number of benzene rings is 1. The minimum absolute atomic E-state index is 0.493. The molecular formula is C13H19NO2. The van der Waals surface area contributed by atoms with E-state index >= 15 is 0 Å². The summed E-state index contributed by atoms with van der Waals surface area (Å²) in [5.41, 5.74) is 1.50. The van der Waals surface area contributed by atoms with E-state index in [2.05, 4.69) is 0 Å². The fraction of sp³-hybridized carbons (Fsp3) is 0.462. The molecule has 0 fully saturated rings. The predicted molar refractivity (Wildman–Crippen MR) is 65.9 cm³/mol. The number of nitrogens with zero attached hydrogens (tertiary/aromatic N) is 1. The van der Waals surface area contributed by atoms with Crippen LogP contribution < -0.4 is 4.90 Å². The summed E-state index contributed by atoms with van der Waals surface area (Å²) in [6.45, 7) is 6.00. The number of carboxylic acids is 1. The Hall–Kier alpha value is -1.51. The highest BCUT2D eigenvalue weighted by atomic mass is 16.4. The highest BCUT2D eigenvalue weighted by Gasteiger charge is 2.28. The van der Waals surface area contributed by atoms with Gasteiger partial charge in [-0.25, -0.2) is 0 Å². The maximum Gasteiger partial charge on any atom is 0.310 e. The molecule has 0 aromatic heterocycles. The highest BCUT2D eigenvalue weighted by molar-refractivity contribution is 5.74. The van der Waals surface area contributed by atoms with Crippen LogP contribution in [0.2, 0.25) is 0 Å². The fourth-order valence-corrected chi connectivity index (χ4v) is 1.74. The summed E-state index contributed by atoms with van der Waals surface area (Å²) < 4.78 is 0. The van der Waals surface area contributed by atoms with Crippen molar-refractivity contribution in [3.8, 4) is 0 Å². The molecule has 1 rings (SSSR count). The number of para-hydroxylation sites is 1. The van der Waals surface area contributed by atoms with Gasteiger partial charge in [0.2, 0.25) is 0 Å². The van der Waals surface area contributed by atoms with Gasteiger partial charge in [0, 0.05) is 19.3 Å². The van der Waals surface area contributed by atoms with Gasteiger partial charge >= 0.3 is 5.97 Å². The van der Waals surface area contributed by atoms with E-state index in [0.717, 1.165) is 11.3 Å². The topological polar surface area (TPSA) is 40.5 Å². The van der Waals surface area contributed by atoms with Gasteiger partial charge in [0.15, 0.2) is 0 Å². The van der Waals surface area contributed by atoms with E-state index in [1.54, 1.807) is 13.8 Å². The van der Waals surface area contributed by atoms with Crippen LogP contribution in [0.3, 0.4) is 0 Å². The Morgan fingerprint density at radius 3 is 2.44 bits per heavy atom. The maximum absolute atomic E-state index is 11.0. The van der Waals surface area contributed by atoms with E-state index in [4.69, 9.17) is 5.11 Å². The van der Waals surface area contributed by atoms with Crippen molar-refractivity contribution in [2.24, 2.45) is 5.41 Å². The van der Waals surface area contributed by atoms with Crippen LogP contribution in [0.25, 0.3) is 0 Å². The van der Waals surface area contributed by atoms with Crippen molar-refractivity contribution in [2.45, 2.75) is 20.8 Å². The monoisotopic (exact) mass is 221 g/mol. The Bertz CT molecular complexity index is 385. The molecule has 16 heavy (non-hydrogen) atoms. The van der Waals surface area contributed by atoms with Crippen LogP contribution in [0.15, 0.2) is 24.3 Å². The van der Waals surface area contributed by atoms with Gasteiger partial charge in [-0.05, 0) is 32.4 Å². The number of hydrogen-bond donors (Lipinski definition) is 1. The number of aryl methyl sites for hydroxylation is 1. The average molecular weight is 221 g/mol. The first kappa shape index (κ1) is 12.6. The van der Waals surface area contributed by atoms with Crippen molar-refractivity contribution in [1.82, 2.24) is 0 Å². The summed E-state index contributed by atoms with van der Waals surface area (Å²) in [4.78, 5) is 13.0. The lowest BCUT2D eigenvalue weighted by Gasteiger charge is -2.29. The Morgan fingerprint density at radius 1 is 1.38 bits per heavy atom. The Balaban J connectivity index is 2.85. The van der Waals surface area contributed by atoms with Gasteiger partial charge in [0.05, 0.1) is 5.41 Å². The molecule has 0 unspecified atom stereocenters. The number of carbonyl (C=O) groups is 1. The van der Waals surface area contributed by atoms with Crippen LogP contribution >= 0.6 is 0 Å². The SMILES string of the molecule is Cc1ccccc1N(C)CC(C)(C)C(=O)O. The van der Waals surface area contributed by atoms with Gasteiger partial charge < -0.3 is 10.0 Å². The molecule has 1 N–H and O–H groups in total. The minimum Gasteiger partial charge on any atom is -0.481 e. The third kappa shape index (κ3) is 2.75. The van der Waals surface area contributed by atoms with Gasteiger partial charge in [-0.1, -0.05) is 18.2 Å². The van der Waals surface area contributed by atoms with Crippen molar-refractivity contribution in [2.75, 3.05) is 18.5 Å². The van der Waals surface area contributed by atoms with Crippen LogP contribution in [0.1, 0.15) is 19.4 Å². The van der Waals surface area contributed by atoms with Crippen LogP contribution in [0.4, 0.5) is 5.69 Å². The molecule has 0 aliphatic heterocycles. The standard InChI is InChI=1S/C13H19NO2/c1-10-7-5-6-8-11(10)14(4)9-13(2,3)12(15)16/h5-8H,9H2,1-4H3,(H,15,16). The lowest BCUT2D eigenvalue weighted by molar-refractivity contribution is -0.146. The molecule has 0 heterocycles. The Labute approximate surface area is 96.7 Å². The van der Waals surface area contributed by atoms with Crippen LogP contribution in [-0.2, 0) is 4.79 Å². The summed E-state index contributed by atoms with van der Waals surface area (Å²) in [7, 11) is 1.92. The Kier molecular flexibility index (Phi) is 3.58. The maximum atomic E-state index is 11.0. The fourth-order valence-electron chi connectivity index (χ4n) is 1.74. The van der Waals surface area contributed by atoms with Crippen LogP contribution in [0.5, 0.6) is 0 Å². The van der Waals surface area contributed by atoms with Gasteiger partial charge in [0.1, 0.15) is 0 Å². The molecule has 3 nitrogen and oxygen atoms in total. The molecule has 0 bridgehead atoms. The molecule has 0 atom stereocenters. The zero-order chi connectivity index (χ0) is 12.3. The van der Waals surface area contributed by atoms with Gasteiger partial charge in [-0.3, -0.25) is 4.79 Å². The molecule has 0 radical (unpaired) electrons. The molecule has 0 saturated carbocycles. The van der Waals surface area contributed by atoms with Gasteiger partial charge in [-0.2, -0.15) is 0 Å². The molecule has 1 aromatic carbocycles. The first-order valence-corrected chi connectivity index (χ1v) is 5.35. The van der Waals surface area contributed by atoms with Crippen molar-refractivity contribution in [3.05, 3.63) is 29.8 Å². The lowest BCUT2D eigenvalue weighted by atomic mass is 9.93. The molecule has 1 aromatic rings. The number of hydrogen-bond acceptors (Lipinski definition) is 2. The summed E-state index contributed by atoms with van der Waals surface area (Å²) in [5, 5.41) is 9.08. The second-order valence-corrected chi connectivity index (χ2v) is 4.83. The quantitative estimate of drug-likeness (QED) is 0.849. The summed E-state index contributed by atoms with van der Waals surface area (Å²) in [6, 6.07) is 7.98. The molecule has 0 amide bonds. The van der Waals surface area contributed by atoms with E-state index in [1.807, 2.05) is 43.1 Å². The zero-order valence-corrected chi connectivity index (χ0v) is 10.3. The van der Waals surface area contributed by atoms with Crippen LogP contribution in [-0.4, -0.2) is 24.7 Å². The molecule has 0 aliphatic carbocycles. The predicted octanol–water partition coefficient (Wildman–Crippen LogP) is 2.54. The second-order valence-electron chi connectivity index (χ2n) is 4.83. The number of carboxylic acid groups (broad SMARTS) is 1. The highest BCUT2D eigenvalue weighted by Crippen LogP contribution is 2.23. The molecule has 88 valence electrons. The lowest BCUT2D eigenvalue weighted by Crippen LogP contribution is -2.37. The van der Waals surface area contributed by atoms with E-state index in [-0.39, 0.29) is 0 Å². The first-order chi connectivity index (χ1) is 7.34. The van der Waals surface area contributed by atoms with Crippen molar-refractivity contribution < 1.29 is 9.90 Å². The normalized spacial score (nSPS) is 11.2. The van der Waals surface area contributed by atoms with Crippen molar-refractivity contribution >= 4 is 11.7 Å². The van der Waals surface area contributed by atoms with Crippen molar-refractivity contribution in [3.63, 3.8) is 0 Å². The number of anilines is 1. The van der Waals surface area contributed by atoms with E-state index in [9.17, 15) is 4.79 Å². The molecular weight excluding hydrogens is 202 g/mol. The third-order valence-electron chi connectivity index (χ3n) is 2.74. The molecule has 0 saturated heterocycles. The van der Waals surface area contributed by atoms with E-state index in [0.29, 0.717) is 6.54 Å². The minimum atomic E-state index is -0.770. The molecule has 0 spiro atoms. The summed E-state index contributed by atoms with van der Waals surface area (Å²) in [6.07, 6.45) is 0. The third-order valence-corrected chi connectivity index (χ3v) is 2.74. The number of rotatable bonds is 4. The summed E-state index contributed by atoms with van der Waals surface area (Å²) in [5.74, 6) is -0.770. The average Bonchev–Trinajstić information content (AvgIpc) is 2.17. The van der Waals surface area contributed by atoms with E-state index < -0.39 is 11.4 Å². The van der Waals surface area contributed by atoms with Gasteiger partial charge in [-0.15, -0.1) is 0 Å². The Morgan fingerprint density at radius 2 is 1.94 bits per heavy atom. The molecule has 0 aliphatic rings. The molecule has 3 heteroatoms. The largest absolute Gasteiger partial charge is 0.481 e. The second kappa shape index (κ2) is 4.56. The summed E-state index contributed by atoms with van der Waals surface area (Å²) >= 11 is 0. The van der Waals surface area contributed by atoms with Crippen LogP contribution in [0, 0.1) is 12.3 Å². The first-order valence-electron chi connectivity index (χ1n) is 5.35. The number of aliphatic carboxylic acids is 1. The van der Waals surface area contributed by atoms with Crippen molar-refractivity contribution in [1.29, 1.82) is 0 Å². The zero-order valence-electron chi connectivity index (χ0n) is 10.3. The van der Waals surface area contributed by atoms with Gasteiger partial charge in [0.25, 0.3) is 0 Å². The smallest absolute Gasteiger partial charge is 0.310 e. The van der Waals surface area contributed by atoms with E-state index in [1.165, 1.54) is 0 Å².